The highest BCUT2D eigenvalue weighted by Crippen LogP contribution is 2.41. The Bertz CT molecular complexity index is 486. The number of nitrogens with one attached hydrogen (secondary N) is 1. The maximum Gasteiger partial charge on any atom is 0.225 e. The minimum atomic E-state index is 0.124. The van der Waals surface area contributed by atoms with E-state index in [1.807, 2.05) is 17.5 Å². The van der Waals surface area contributed by atoms with Crippen LogP contribution in [0.25, 0.3) is 0 Å². The largest absolute Gasteiger partial charge is 0.325 e. The van der Waals surface area contributed by atoms with Crippen molar-refractivity contribution in [2.24, 2.45) is 0 Å². The summed E-state index contributed by atoms with van der Waals surface area (Å²) in [6.45, 7) is 0. The number of rotatable bonds is 1. The average Bonchev–Trinajstić information content (AvgIpc) is 2.86. The van der Waals surface area contributed by atoms with Crippen LogP contribution in [0.15, 0.2) is 29.0 Å². The molecule has 1 amide bonds. The zero-order valence-electron chi connectivity index (χ0n) is 7.90. The maximum atomic E-state index is 11.5. The Balaban J connectivity index is 2.08. The van der Waals surface area contributed by atoms with E-state index in [-0.39, 0.29) is 11.8 Å². The van der Waals surface area contributed by atoms with Gasteiger partial charge < -0.3 is 5.32 Å². The molecule has 0 aliphatic carbocycles. The number of amides is 1. The molecule has 2 aromatic rings. The van der Waals surface area contributed by atoms with E-state index in [0.717, 1.165) is 5.69 Å². The highest BCUT2D eigenvalue weighted by Gasteiger charge is 2.27. The van der Waals surface area contributed by atoms with E-state index in [9.17, 15) is 4.79 Å². The Labute approximate surface area is 95.6 Å². The molecular formula is C11H9NOS2. The normalized spacial score (nSPS) is 19.7. The highest BCUT2D eigenvalue weighted by molar-refractivity contribution is 7.12. The predicted molar refractivity (Wildman–Crippen MR) is 63.7 cm³/mol. The first-order valence-corrected chi connectivity index (χ1v) is 6.51. The van der Waals surface area contributed by atoms with Gasteiger partial charge in [0.25, 0.3) is 0 Å². The van der Waals surface area contributed by atoms with E-state index in [4.69, 9.17) is 0 Å². The molecule has 0 fully saturated rings. The van der Waals surface area contributed by atoms with Gasteiger partial charge in [0.1, 0.15) is 0 Å². The van der Waals surface area contributed by atoms with Crippen molar-refractivity contribution in [1.29, 1.82) is 0 Å². The molecule has 76 valence electrons. The van der Waals surface area contributed by atoms with Crippen molar-refractivity contribution >= 4 is 34.3 Å². The van der Waals surface area contributed by atoms with E-state index >= 15 is 0 Å². The van der Waals surface area contributed by atoms with Crippen LogP contribution in [0.3, 0.4) is 0 Å². The average molecular weight is 235 g/mol. The van der Waals surface area contributed by atoms with Crippen LogP contribution in [0.4, 0.5) is 5.69 Å². The van der Waals surface area contributed by atoms with E-state index in [0.29, 0.717) is 6.42 Å². The molecule has 1 N–H and O–H groups in total. The molecule has 1 unspecified atom stereocenters. The molecule has 0 bridgehead atoms. The molecule has 0 aromatic carbocycles. The fourth-order valence-electron chi connectivity index (χ4n) is 1.89. The van der Waals surface area contributed by atoms with E-state index in [1.54, 1.807) is 22.7 Å². The zero-order chi connectivity index (χ0) is 10.3. The van der Waals surface area contributed by atoms with Crippen LogP contribution in [0.2, 0.25) is 0 Å². The van der Waals surface area contributed by atoms with Crippen molar-refractivity contribution in [1.82, 2.24) is 0 Å². The standard InChI is InChI=1S/C11H9NOS2/c13-10-6-7(9-2-1-4-14-9)11-8(12-10)3-5-15-11/h1-5,7H,6H2,(H,12,13). The van der Waals surface area contributed by atoms with E-state index < -0.39 is 0 Å². The first-order valence-electron chi connectivity index (χ1n) is 4.75. The lowest BCUT2D eigenvalue weighted by molar-refractivity contribution is -0.116. The SMILES string of the molecule is O=C1CC(c2cccs2)c2sccc2N1. The van der Waals surface area contributed by atoms with Gasteiger partial charge in [-0.15, -0.1) is 22.7 Å². The van der Waals surface area contributed by atoms with Crippen LogP contribution in [0.5, 0.6) is 0 Å². The fraction of sp³-hybridized carbons (Fsp3) is 0.182. The molecule has 1 atom stereocenters. The second kappa shape index (κ2) is 3.47. The van der Waals surface area contributed by atoms with E-state index in [1.165, 1.54) is 9.75 Å². The van der Waals surface area contributed by atoms with Gasteiger partial charge in [-0.1, -0.05) is 6.07 Å². The molecule has 0 radical (unpaired) electrons. The van der Waals surface area contributed by atoms with Gasteiger partial charge in [-0.2, -0.15) is 0 Å². The molecule has 4 heteroatoms. The third kappa shape index (κ3) is 1.50. The lowest BCUT2D eigenvalue weighted by atomic mass is 9.97. The highest BCUT2D eigenvalue weighted by atomic mass is 32.1. The summed E-state index contributed by atoms with van der Waals surface area (Å²) < 4.78 is 0. The minimum Gasteiger partial charge on any atom is -0.325 e. The smallest absolute Gasteiger partial charge is 0.225 e. The van der Waals surface area contributed by atoms with Gasteiger partial charge in [0.2, 0.25) is 5.91 Å². The van der Waals surface area contributed by atoms with Gasteiger partial charge in [0, 0.05) is 22.1 Å². The first kappa shape index (κ1) is 9.12. The summed E-state index contributed by atoms with van der Waals surface area (Å²) in [7, 11) is 0. The Morgan fingerprint density at radius 2 is 2.20 bits per heavy atom. The van der Waals surface area contributed by atoms with Gasteiger partial charge in [0.15, 0.2) is 0 Å². The van der Waals surface area contributed by atoms with Crippen molar-refractivity contribution in [3.63, 3.8) is 0 Å². The summed E-state index contributed by atoms with van der Waals surface area (Å²) in [6.07, 6.45) is 0.577. The lowest BCUT2D eigenvalue weighted by Gasteiger charge is -2.21. The Morgan fingerprint density at radius 1 is 1.27 bits per heavy atom. The molecule has 1 aliphatic rings. The molecule has 3 heterocycles. The van der Waals surface area contributed by atoms with Crippen molar-refractivity contribution in [3.8, 4) is 0 Å². The van der Waals surface area contributed by atoms with Crippen molar-refractivity contribution < 1.29 is 4.79 Å². The quantitative estimate of drug-likeness (QED) is 0.807. The number of hydrogen-bond acceptors (Lipinski definition) is 3. The molecule has 0 saturated carbocycles. The summed E-state index contributed by atoms with van der Waals surface area (Å²) in [5, 5.41) is 7.01. The Kier molecular flexibility index (Phi) is 2.11. The summed E-state index contributed by atoms with van der Waals surface area (Å²) >= 11 is 3.45. The second-order valence-electron chi connectivity index (χ2n) is 3.52. The number of hydrogen-bond donors (Lipinski definition) is 1. The number of anilines is 1. The monoisotopic (exact) mass is 235 g/mol. The number of carbonyl (C=O) groups excluding carboxylic acids is 1. The van der Waals surface area contributed by atoms with Crippen LogP contribution in [-0.2, 0) is 4.79 Å². The van der Waals surface area contributed by atoms with Crippen LogP contribution in [-0.4, -0.2) is 5.91 Å². The Hall–Kier alpha value is -1.13. The zero-order valence-corrected chi connectivity index (χ0v) is 9.53. The molecular weight excluding hydrogens is 226 g/mol. The van der Waals surface area contributed by atoms with Crippen LogP contribution < -0.4 is 5.32 Å². The van der Waals surface area contributed by atoms with Crippen LogP contribution in [0.1, 0.15) is 22.1 Å². The Morgan fingerprint density at radius 3 is 3.00 bits per heavy atom. The minimum absolute atomic E-state index is 0.124. The summed E-state index contributed by atoms with van der Waals surface area (Å²) in [6, 6.07) is 6.13. The fourth-order valence-corrected chi connectivity index (χ4v) is 3.78. The molecule has 0 saturated heterocycles. The van der Waals surface area contributed by atoms with Crippen LogP contribution in [0, 0.1) is 0 Å². The number of thiophene rings is 2. The van der Waals surface area contributed by atoms with Crippen molar-refractivity contribution in [2.75, 3.05) is 5.32 Å². The summed E-state index contributed by atoms with van der Waals surface area (Å²) in [5.74, 6) is 0.396. The molecule has 0 spiro atoms. The van der Waals surface area contributed by atoms with Crippen molar-refractivity contribution in [2.45, 2.75) is 12.3 Å². The van der Waals surface area contributed by atoms with Gasteiger partial charge >= 0.3 is 0 Å². The maximum absolute atomic E-state index is 11.5. The van der Waals surface area contributed by atoms with Gasteiger partial charge in [-0.3, -0.25) is 4.79 Å². The third-order valence-corrected chi connectivity index (χ3v) is 4.58. The molecule has 3 rings (SSSR count). The van der Waals surface area contributed by atoms with Gasteiger partial charge in [-0.25, -0.2) is 0 Å². The molecule has 2 nitrogen and oxygen atoms in total. The van der Waals surface area contributed by atoms with E-state index in [2.05, 4.69) is 16.8 Å². The molecule has 1 aliphatic heterocycles. The van der Waals surface area contributed by atoms with Gasteiger partial charge in [0.05, 0.1) is 5.69 Å². The lowest BCUT2D eigenvalue weighted by Crippen LogP contribution is -2.21. The number of carbonyl (C=O) groups is 1. The number of fused-ring (bicyclic) bond motifs is 1. The third-order valence-electron chi connectivity index (χ3n) is 2.56. The second-order valence-corrected chi connectivity index (χ2v) is 5.45. The molecule has 2 aromatic heterocycles. The molecule has 15 heavy (non-hydrogen) atoms. The van der Waals surface area contributed by atoms with Crippen LogP contribution >= 0.6 is 22.7 Å². The summed E-state index contributed by atoms with van der Waals surface area (Å²) in [4.78, 5) is 14.1. The summed E-state index contributed by atoms with van der Waals surface area (Å²) in [5.41, 5.74) is 0.995. The van der Waals surface area contributed by atoms with Crippen molar-refractivity contribution in [3.05, 3.63) is 38.7 Å². The first-order chi connectivity index (χ1) is 7.34. The topological polar surface area (TPSA) is 29.1 Å². The van der Waals surface area contributed by atoms with Gasteiger partial charge in [-0.05, 0) is 22.9 Å². The predicted octanol–water partition coefficient (Wildman–Crippen LogP) is 3.28.